The van der Waals surface area contributed by atoms with E-state index in [0.29, 0.717) is 9.34 Å². The molecule has 0 bridgehead atoms. The van der Waals surface area contributed by atoms with Crippen LogP contribution in [0.3, 0.4) is 0 Å². The molecule has 1 heterocycles. The third kappa shape index (κ3) is 1.55. The fourth-order valence-electron chi connectivity index (χ4n) is 0.389. The van der Waals surface area contributed by atoms with Crippen LogP contribution in [0.1, 0.15) is 5.01 Å². The second-order valence-electron chi connectivity index (χ2n) is 1.33. The van der Waals surface area contributed by atoms with Crippen LogP contribution in [0.2, 0.25) is 9.49 Å². The van der Waals surface area contributed by atoms with Crippen LogP contribution in [0.25, 0.3) is 0 Å². The van der Waals surface area contributed by atoms with Gasteiger partial charge in [0, 0.05) is 0 Å². The number of nitrogens with zero attached hydrogens (tertiary/aromatic N) is 1. The van der Waals surface area contributed by atoms with E-state index in [1.165, 1.54) is 11.3 Å². The van der Waals surface area contributed by atoms with Crippen LogP contribution in [0.5, 0.6) is 0 Å². The average Bonchev–Trinajstić information content (AvgIpc) is 2.13. The van der Waals surface area contributed by atoms with Gasteiger partial charge in [-0.2, -0.15) is 0 Å². The van der Waals surface area contributed by atoms with Crippen molar-refractivity contribution >= 4 is 34.5 Å². The molecule has 0 aliphatic carbocycles. The Balaban J connectivity index is 2.98. The number of hydrogen-bond donors (Lipinski definition) is 1. The van der Waals surface area contributed by atoms with Crippen LogP contribution >= 0.6 is 34.5 Å². The maximum Gasteiger partial charge on any atom is 0.159 e. The Bertz CT molecular complexity index is 193. The lowest BCUT2D eigenvalue weighted by Crippen LogP contribution is -1.76. The van der Waals surface area contributed by atoms with Gasteiger partial charge in [0.1, 0.15) is 9.34 Å². The lowest BCUT2D eigenvalue weighted by atomic mass is 10.8. The Morgan fingerprint density at radius 1 is 1.56 bits per heavy atom. The molecule has 0 aliphatic rings. The molecule has 1 N–H and O–H groups in total. The number of hydrogen-bond acceptors (Lipinski definition) is 3. The molecule has 0 spiro atoms. The van der Waals surface area contributed by atoms with Crippen molar-refractivity contribution in [1.82, 2.24) is 4.98 Å². The molecule has 9 heavy (non-hydrogen) atoms. The van der Waals surface area contributed by atoms with Crippen molar-refractivity contribution in [3.05, 3.63) is 14.5 Å². The Morgan fingerprint density at radius 3 is 2.44 bits per heavy atom. The summed E-state index contributed by atoms with van der Waals surface area (Å²) in [6.45, 7) is -0.100. The lowest BCUT2D eigenvalue weighted by molar-refractivity contribution is 0.281. The first kappa shape index (κ1) is 7.28. The molecular weight excluding hydrogens is 181 g/mol. The van der Waals surface area contributed by atoms with Crippen LogP contribution < -0.4 is 0 Å². The largest absolute Gasteiger partial charge is 0.389 e. The Labute approximate surface area is 66.1 Å². The van der Waals surface area contributed by atoms with Crippen LogP contribution in [0.4, 0.5) is 0 Å². The van der Waals surface area contributed by atoms with Crippen LogP contribution in [0.15, 0.2) is 0 Å². The molecule has 50 valence electrons. The summed E-state index contributed by atoms with van der Waals surface area (Å²) >= 11 is 12.2. The minimum Gasteiger partial charge on any atom is -0.389 e. The highest BCUT2D eigenvalue weighted by molar-refractivity contribution is 7.16. The molecule has 0 atom stereocenters. The number of halogens is 2. The van der Waals surface area contributed by atoms with E-state index in [9.17, 15) is 0 Å². The van der Waals surface area contributed by atoms with Gasteiger partial charge in [0.2, 0.25) is 0 Å². The van der Waals surface area contributed by atoms with Crippen LogP contribution in [0, 0.1) is 0 Å². The molecule has 1 aromatic rings. The molecule has 5 heteroatoms. The van der Waals surface area contributed by atoms with Gasteiger partial charge in [-0.25, -0.2) is 4.98 Å². The second kappa shape index (κ2) is 2.84. The van der Waals surface area contributed by atoms with Crippen molar-refractivity contribution in [2.24, 2.45) is 0 Å². The third-order valence-electron chi connectivity index (χ3n) is 0.728. The van der Waals surface area contributed by atoms with Gasteiger partial charge in [-0.05, 0) is 0 Å². The van der Waals surface area contributed by atoms with E-state index in [1.807, 2.05) is 0 Å². The zero-order chi connectivity index (χ0) is 6.85. The monoisotopic (exact) mass is 183 g/mol. The van der Waals surface area contributed by atoms with Crippen molar-refractivity contribution in [3.63, 3.8) is 0 Å². The van der Waals surface area contributed by atoms with E-state index in [-0.39, 0.29) is 11.8 Å². The topological polar surface area (TPSA) is 33.1 Å². The van der Waals surface area contributed by atoms with Crippen molar-refractivity contribution in [2.75, 3.05) is 0 Å². The van der Waals surface area contributed by atoms with Gasteiger partial charge in [-0.3, -0.25) is 0 Å². The highest BCUT2D eigenvalue weighted by Crippen LogP contribution is 2.27. The Hall–Kier alpha value is 0.170. The maximum absolute atomic E-state index is 8.51. The summed E-state index contributed by atoms with van der Waals surface area (Å²) in [7, 11) is 0. The lowest BCUT2D eigenvalue weighted by Gasteiger charge is -1.78. The van der Waals surface area contributed by atoms with Crippen molar-refractivity contribution < 1.29 is 5.11 Å². The van der Waals surface area contributed by atoms with Gasteiger partial charge in [0.25, 0.3) is 0 Å². The van der Waals surface area contributed by atoms with E-state index >= 15 is 0 Å². The first-order valence-corrected chi connectivity index (χ1v) is 3.73. The van der Waals surface area contributed by atoms with Gasteiger partial charge in [0.05, 0.1) is 6.61 Å². The highest BCUT2D eigenvalue weighted by Gasteiger charge is 2.04. The Kier molecular flexibility index (Phi) is 2.29. The predicted octanol–water partition coefficient (Wildman–Crippen LogP) is 1.94. The summed E-state index contributed by atoms with van der Waals surface area (Å²) in [6.07, 6.45) is 0. The number of aliphatic hydroxyl groups excluding tert-OH is 1. The highest BCUT2D eigenvalue weighted by atomic mass is 35.5. The van der Waals surface area contributed by atoms with Gasteiger partial charge < -0.3 is 5.11 Å². The first-order valence-electron chi connectivity index (χ1n) is 2.15. The zero-order valence-electron chi connectivity index (χ0n) is 4.27. The normalized spacial score (nSPS) is 10.1. The molecule has 0 unspecified atom stereocenters. The van der Waals surface area contributed by atoms with E-state index in [1.54, 1.807) is 0 Å². The molecule has 0 saturated heterocycles. The summed E-state index contributed by atoms with van der Waals surface area (Å²) in [5.41, 5.74) is 0. The molecule has 1 aromatic heterocycles. The van der Waals surface area contributed by atoms with E-state index in [0.717, 1.165) is 0 Å². The molecule has 0 amide bonds. The quantitative estimate of drug-likeness (QED) is 0.723. The maximum atomic E-state index is 8.51. The summed E-state index contributed by atoms with van der Waals surface area (Å²) in [6, 6.07) is 0. The molecule has 0 aromatic carbocycles. The average molecular weight is 184 g/mol. The van der Waals surface area contributed by atoms with Crippen molar-refractivity contribution in [3.8, 4) is 0 Å². The SMILES string of the molecule is OCc1nc(Cl)c(Cl)s1. The van der Waals surface area contributed by atoms with Gasteiger partial charge in [-0.1, -0.05) is 23.2 Å². The number of thiazole rings is 1. The van der Waals surface area contributed by atoms with Gasteiger partial charge in [-0.15, -0.1) is 11.3 Å². The first-order chi connectivity index (χ1) is 4.24. The molecular formula is C4H3Cl2NOS. The molecule has 0 aliphatic heterocycles. The summed E-state index contributed by atoms with van der Waals surface area (Å²) in [4.78, 5) is 3.73. The van der Waals surface area contributed by atoms with Crippen LogP contribution in [-0.2, 0) is 6.61 Å². The molecule has 0 radical (unpaired) electrons. The van der Waals surface area contributed by atoms with Crippen LogP contribution in [-0.4, -0.2) is 10.1 Å². The smallest absolute Gasteiger partial charge is 0.159 e. The number of aromatic nitrogens is 1. The zero-order valence-corrected chi connectivity index (χ0v) is 6.59. The van der Waals surface area contributed by atoms with Crippen molar-refractivity contribution in [1.29, 1.82) is 0 Å². The van der Waals surface area contributed by atoms with E-state index < -0.39 is 0 Å². The van der Waals surface area contributed by atoms with Gasteiger partial charge >= 0.3 is 0 Å². The summed E-state index contributed by atoms with van der Waals surface area (Å²) in [5.74, 6) is 0. The fraction of sp³-hybridized carbons (Fsp3) is 0.250. The third-order valence-corrected chi connectivity index (χ3v) is 2.45. The fourth-order valence-corrected chi connectivity index (χ4v) is 1.50. The summed E-state index contributed by atoms with van der Waals surface area (Å²) in [5, 5.41) is 9.32. The second-order valence-corrected chi connectivity index (χ2v) is 3.37. The van der Waals surface area contributed by atoms with Crippen molar-refractivity contribution in [2.45, 2.75) is 6.61 Å². The predicted molar refractivity (Wildman–Crippen MR) is 38.1 cm³/mol. The molecule has 0 saturated carbocycles. The molecule has 0 fully saturated rings. The van der Waals surface area contributed by atoms with Gasteiger partial charge in [0.15, 0.2) is 5.15 Å². The standard InChI is InChI=1S/C4H3Cl2NOS/c5-3-4(6)9-2(1-8)7-3/h8H,1H2. The van der Waals surface area contributed by atoms with E-state index in [4.69, 9.17) is 28.3 Å². The molecule has 2 nitrogen and oxygen atoms in total. The minimum atomic E-state index is -0.100. The summed E-state index contributed by atoms with van der Waals surface area (Å²) < 4.78 is 0.431. The number of aliphatic hydroxyl groups is 1. The Morgan fingerprint density at radius 2 is 2.22 bits per heavy atom. The number of rotatable bonds is 1. The minimum absolute atomic E-state index is 0.100. The molecule has 1 rings (SSSR count). The van der Waals surface area contributed by atoms with E-state index in [2.05, 4.69) is 4.98 Å².